The van der Waals surface area contributed by atoms with E-state index in [4.69, 9.17) is 11.0 Å². The summed E-state index contributed by atoms with van der Waals surface area (Å²) in [7, 11) is 0. The van der Waals surface area contributed by atoms with Crippen LogP contribution in [0.15, 0.2) is 12.3 Å². The fourth-order valence-electron chi connectivity index (χ4n) is 0.704. The fourth-order valence-corrected chi connectivity index (χ4v) is 0.704. The highest BCUT2D eigenvalue weighted by Gasteiger charge is 1.99. The second kappa shape index (κ2) is 3.34. The minimum Gasteiger partial charge on any atom is -0.398 e. The molecule has 1 heterocycles. The van der Waals surface area contributed by atoms with E-state index in [0.717, 1.165) is 0 Å². The Morgan fingerprint density at radius 2 is 2.50 bits per heavy atom. The third-order valence-corrected chi connectivity index (χ3v) is 1.26. The highest BCUT2D eigenvalue weighted by Crippen LogP contribution is 2.12. The smallest absolute Gasteiger partial charge is 0.212 e. The lowest BCUT2D eigenvalue weighted by molar-refractivity contribution is -0.105. The van der Waals surface area contributed by atoms with Gasteiger partial charge in [0.15, 0.2) is 0 Å². The third kappa shape index (κ3) is 1.49. The second-order valence-corrected chi connectivity index (χ2v) is 2.03. The van der Waals surface area contributed by atoms with Crippen LogP contribution in [0.2, 0.25) is 0 Å². The molecule has 0 bridgehead atoms. The summed E-state index contributed by atoms with van der Waals surface area (Å²) in [4.78, 5) is 13.7. The number of nitriles is 1. The van der Waals surface area contributed by atoms with Gasteiger partial charge >= 0.3 is 0 Å². The molecular weight excluding hydrogens is 156 g/mol. The standard InChI is InChI=1S/C7H6N4O/c8-2-5-3-10-7(11-4-12)1-6(5)9/h1,3-4H,(H3,9,10,11,12). The molecule has 0 saturated carbocycles. The Balaban J connectivity index is 3.03. The molecule has 3 N–H and O–H groups in total. The summed E-state index contributed by atoms with van der Waals surface area (Å²) in [5.74, 6) is 0.335. The molecule has 0 unspecified atom stereocenters. The molecule has 1 amide bonds. The predicted molar refractivity (Wildman–Crippen MR) is 43.1 cm³/mol. The topological polar surface area (TPSA) is 91.8 Å². The molecule has 0 spiro atoms. The van der Waals surface area contributed by atoms with E-state index >= 15 is 0 Å². The molecule has 1 aromatic rings. The molecule has 0 aliphatic heterocycles. The number of nitrogens with one attached hydrogen (secondary N) is 1. The van der Waals surface area contributed by atoms with E-state index in [9.17, 15) is 4.79 Å². The van der Waals surface area contributed by atoms with Crippen LogP contribution in [0.1, 0.15) is 5.56 Å². The number of rotatable bonds is 2. The molecule has 5 heteroatoms. The largest absolute Gasteiger partial charge is 0.398 e. The van der Waals surface area contributed by atoms with Crippen molar-refractivity contribution in [1.82, 2.24) is 4.98 Å². The first kappa shape index (κ1) is 8.01. The number of hydrogen-bond donors (Lipinski definition) is 2. The van der Waals surface area contributed by atoms with E-state index in [1.165, 1.54) is 12.3 Å². The Bertz CT molecular complexity index is 342. The molecule has 0 fully saturated rings. The summed E-state index contributed by atoms with van der Waals surface area (Å²) in [5, 5.41) is 10.8. The first-order valence-corrected chi connectivity index (χ1v) is 3.13. The lowest BCUT2D eigenvalue weighted by Gasteiger charge is -1.99. The number of carbonyl (C=O) groups excluding carboxylic acids is 1. The van der Waals surface area contributed by atoms with E-state index in [0.29, 0.717) is 23.5 Å². The average Bonchev–Trinajstić information content (AvgIpc) is 2.05. The van der Waals surface area contributed by atoms with Crippen LogP contribution in [-0.4, -0.2) is 11.4 Å². The van der Waals surface area contributed by atoms with Crippen molar-refractivity contribution in [2.75, 3.05) is 11.1 Å². The van der Waals surface area contributed by atoms with Crippen LogP contribution in [-0.2, 0) is 4.79 Å². The Hall–Kier alpha value is -2.09. The van der Waals surface area contributed by atoms with Crippen molar-refractivity contribution in [2.45, 2.75) is 0 Å². The number of pyridine rings is 1. The van der Waals surface area contributed by atoms with Crippen molar-refractivity contribution in [1.29, 1.82) is 5.26 Å². The van der Waals surface area contributed by atoms with Gasteiger partial charge in [-0.2, -0.15) is 5.26 Å². The molecule has 60 valence electrons. The number of carbonyl (C=O) groups is 1. The van der Waals surface area contributed by atoms with Gasteiger partial charge in [0.25, 0.3) is 0 Å². The molecule has 1 rings (SSSR count). The first-order valence-electron chi connectivity index (χ1n) is 3.13. The van der Waals surface area contributed by atoms with E-state index in [-0.39, 0.29) is 0 Å². The minimum absolute atomic E-state index is 0.298. The zero-order chi connectivity index (χ0) is 8.97. The van der Waals surface area contributed by atoms with E-state index in [1.54, 1.807) is 0 Å². The van der Waals surface area contributed by atoms with E-state index in [1.807, 2.05) is 6.07 Å². The van der Waals surface area contributed by atoms with Crippen molar-refractivity contribution in [3.05, 3.63) is 17.8 Å². The monoisotopic (exact) mass is 162 g/mol. The number of amides is 1. The van der Waals surface area contributed by atoms with Gasteiger partial charge in [-0.3, -0.25) is 4.79 Å². The summed E-state index contributed by atoms with van der Waals surface area (Å²) >= 11 is 0. The fraction of sp³-hybridized carbons (Fsp3) is 0. The Morgan fingerprint density at radius 3 is 3.00 bits per heavy atom. The Kier molecular flexibility index (Phi) is 2.23. The summed E-state index contributed by atoms with van der Waals surface area (Å²) in [6, 6.07) is 3.28. The number of anilines is 2. The molecule has 12 heavy (non-hydrogen) atoms. The van der Waals surface area contributed by atoms with Crippen molar-refractivity contribution >= 4 is 17.9 Å². The highest BCUT2D eigenvalue weighted by molar-refractivity contribution is 5.71. The van der Waals surface area contributed by atoms with Gasteiger partial charge in [0.2, 0.25) is 6.41 Å². The molecule has 1 aromatic heterocycles. The lowest BCUT2D eigenvalue weighted by Crippen LogP contribution is -1.99. The molecule has 5 nitrogen and oxygen atoms in total. The number of hydrogen-bond acceptors (Lipinski definition) is 4. The van der Waals surface area contributed by atoms with Crippen LogP contribution in [0, 0.1) is 11.3 Å². The van der Waals surface area contributed by atoms with Crippen molar-refractivity contribution in [3.63, 3.8) is 0 Å². The first-order chi connectivity index (χ1) is 5.77. The maximum atomic E-state index is 9.98. The Morgan fingerprint density at radius 1 is 1.75 bits per heavy atom. The maximum Gasteiger partial charge on any atom is 0.212 e. The van der Waals surface area contributed by atoms with Gasteiger partial charge in [0, 0.05) is 12.3 Å². The lowest BCUT2D eigenvalue weighted by atomic mass is 10.2. The highest BCUT2D eigenvalue weighted by atomic mass is 16.1. The third-order valence-electron chi connectivity index (χ3n) is 1.26. The van der Waals surface area contributed by atoms with Gasteiger partial charge in [-0.25, -0.2) is 4.98 Å². The van der Waals surface area contributed by atoms with Crippen molar-refractivity contribution in [2.24, 2.45) is 0 Å². The van der Waals surface area contributed by atoms with Crippen molar-refractivity contribution < 1.29 is 4.79 Å². The molecule has 0 aliphatic rings. The maximum absolute atomic E-state index is 9.98. The van der Waals surface area contributed by atoms with E-state index < -0.39 is 0 Å². The zero-order valence-corrected chi connectivity index (χ0v) is 6.11. The predicted octanol–water partition coefficient (Wildman–Crippen LogP) is 0.104. The van der Waals surface area contributed by atoms with Gasteiger partial charge in [-0.1, -0.05) is 0 Å². The number of aromatic nitrogens is 1. The average molecular weight is 162 g/mol. The number of nitrogens with two attached hydrogens (primary N) is 1. The van der Waals surface area contributed by atoms with Gasteiger partial charge < -0.3 is 11.1 Å². The number of nitrogen functional groups attached to an aromatic ring is 1. The van der Waals surface area contributed by atoms with Crippen LogP contribution in [0.3, 0.4) is 0 Å². The summed E-state index contributed by atoms with van der Waals surface area (Å²) in [5.41, 5.74) is 6.04. The molecule has 0 atom stereocenters. The molecule has 0 aliphatic carbocycles. The number of nitrogens with zero attached hydrogens (tertiary/aromatic N) is 2. The van der Waals surface area contributed by atoms with Gasteiger partial charge in [-0.15, -0.1) is 0 Å². The van der Waals surface area contributed by atoms with Gasteiger partial charge in [0.05, 0.1) is 11.3 Å². The summed E-state index contributed by atoms with van der Waals surface area (Å²) < 4.78 is 0. The van der Waals surface area contributed by atoms with Crippen LogP contribution >= 0.6 is 0 Å². The van der Waals surface area contributed by atoms with Gasteiger partial charge in [-0.05, 0) is 0 Å². The SMILES string of the molecule is N#Cc1cnc(NC=O)cc1N. The molecular formula is C7H6N4O. The van der Waals surface area contributed by atoms with Crippen LogP contribution < -0.4 is 11.1 Å². The van der Waals surface area contributed by atoms with Gasteiger partial charge in [0.1, 0.15) is 11.9 Å². The van der Waals surface area contributed by atoms with Crippen LogP contribution in [0.4, 0.5) is 11.5 Å². The van der Waals surface area contributed by atoms with Crippen molar-refractivity contribution in [3.8, 4) is 6.07 Å². The minimum atomic E-state index is 0.298. The Labute approximate surface area is 68.8 Å². The zero-order valence-electron chi connectivity index (χ0n) is 6.11. The normalized spacial score (nSPS) is 8.58. The summed E-state index contributed by atoms with van der Waals surface area (Å²) in [6.45, 7) is 0. The summed E-state index contributed by atoms with van der Waals surface area (Å²) in [6.07, 6.45) is 1.80. The van der Waals surface area contributed by atoms with E-state index in [2.05, 4.69) is 10.3 Å². The molecule has 0 radical (unpaired) electrons. The quantitative estimate of drug-likeness (QED) is 0.603. The molecule has 0 aromatic carbocycles. The second-order valence-electron chi connectivity index (χ2n) is 2.03. The van der Waals surface area contributed by atoms with Crippen LogP contribution in [0.5, 0.6) is 0 Å². The molecule has 0 saturated heterocycles. The van der Waals surface area contributed by atoms with Crippen LogP contribution in [0.25, 0.3) is 0 Å².